The van der Waals surface area contributed by atoms with Crippen LogP contribution in [0.25, 0.3) is 0 Å². The highest BCUT2D eigenvalue weighted by molar-refractivity contribution is 6.42. The lowest BCUT2D eigenvalue weighted by Crippen LogP contribution is -2.35. The molecule has 2 atom stereocenters. The molecule has 0 unspecified atom stereocenters. The fourth-order valence-corrected chi connectivity index (χ4v) is 3.81. The Hall–Kier alpha value is -2.71. The van der Waals surface area contributed by atoms with Crippen molar-refractivity contribution in [2.45, 2.75) is 31.2 Å². The summed E-state index contributed by atoms with van der Waals surface area (Å²) in [5, 5.41) is 10.2. The Morgan fingerprint density at radius 1 is 1.13 bits per heavy atom. The van der Waals surface area contributed by atoms with E-state index in [-0.39, 0.29) is 29.5 Å². The van der Waals surface area contributed by atoms with Crippen LogP contribution in [-0.4, -0.2) is 21.9 Å². The first-order chi connectivity index (χ1) is 14.7. The van der Waals surface area contributed by atoms with Crippen LogP contribution in [0.3, 0.4) is 0 Å². The van der Waals surface area contributed by atoms with Crippen LogP contribution in [0.4, 0.5) is 19.0 Å². The SMILES string of the molecule is O=C(NCc1ccccc1)c1cc2n(n1)[C@@H](C(F)(F)F)C[C@@H](c1ccc(Cl)c(Cl)c1)N2. The largest absolute Gasteiger partial charge is 0.410 e. The number of rotatable bonds is 4. The number of alkyl halides is 3. The molecule has 1 aliphatic rings. The van der Waals surface area contributed by atoms with Gasteiger partial charge in [-0.25, -0.2) is 4.68 Å². The highest BCUT2D eigenvalue weighted by atomic mass is 35.5. The molecule has 31 heavy (non-hydrogen) atoms. The third-order valence-corrected chi connectivity index (χ3v) is 5.80. The van der Waals surface area contributed by atoms with E-state index in [9.17, 15) is 18.0 Å². The molecule has 0 fully saturated rings. The van der Waals surface area contributed by atoms with Crippen LogP contribution >= 0.6 is 23.2 Å². The minimum atomic E-state index is -4.55. The predicted molar refractivity (Wildman–Crippen MR) is 112 cm³/mol. The van der Waals surface area contributed by atoms with E-state index in [1.807, 2.05) is 30.3 Å². The van der Waals surface area contributed by atoms with E-state index >= 15 is 0 Å². The minimum Gasteiger partial charge on any atom is -0.363 e. The zero-order valence-corrected chi connectivity index (χ0v) is 17.5. The van der Waals surface area contributed by atoms with Gasteiger partial charge in [-0.3, -0.25) is 4.79 Å². The maximum Gasteiger partial charge on any atom is 0.410 e. The molecule has 2 aromatic carbocycles. The van der Waals surface area contributed by atoms with Crippen molar-refractivity contribution < 1.29 is 18.0 Å². The number of hydrogen-bond donors (Lipinski definition) is 2. The summed E-state index contributed by atoms with van der Waals surface area (Å²) in [4.78, 5) is 12.5. The molecule has 162 valence electrons. The van der Waals surface area contributed by atoms with E-state index in [1.54, 1.807) is 6.07 Å². The number of amides is 1. The van der Waals surface area contributed by atoms with Gasteiger partial charge in [-0.15, -0.1) is 0 Å². The maximum absolute atomic E-state index is 13.8. The van der Waals surface area contributed by atoms with Gasteiger partial charge in [0.15, 0.2) is 11.7 Å². The van der Waals surface area contributed by atoms with Crippen molar-refractivity contribution in [3.05, 3.63) is 81.5 Å². The van der Waals surface area contributed by atoms with E-state index in [0.717, 1.165) is 10.2 Å². The molecule has 1 aliphatic heterocycles. The lowest BCUT2D eigenvalue weighted by atomic mass is 9.97. The normalized spacial score (nSPS) is 18.2. The number of nitrogens with one attached hydrogen (secondary N) is 2. The minimum absolute atomic E-state index is 0.0949. The van der Waals surface area contributed by atoms with E-state index in [2.05, 4.69) is 15.7 Å². The summed E-state index contributed by atoms with van der Waals surface area (Å²) in [5.74, 6) is -0.450. The molecule has 2 heterocycles. The van der Waals surface area contributed by atoms with Crippen LogP contribution in [0.1, 0.15) is 40.1 Å². The Bertz CT molecular complexity index is 1100. The molecule has 5 nitrogen and oxygen atoms in total. The second-order valence-corrected chi connectivity index (χ2v) is 8.01. The molecular formula is C21H17Cl2F3N4O. The fourth-order valence-electron chi connectivity index (χ4n) is 3.50. The van der Waals surface area contributed by atoms with Gasteiger partial charge in [0.25, 0.3) is 5.91 Å². The van der Waals surface area contributed by atoms with Crippen LogP contribution < -0.4 is 10.6 Å². The van der Waals surface area contributed by atoms with Crippen molar-refractivity contribution in [2.24, 2.45) is 0 Å². The predicted octanol–water partition coefficient (Wildman–Crippen LogP) is 5.78. The van der Waals surface area contributed by atoms with Crippen LogP contribution in [0.5, 0.6) is 0 Å². The average Bonchev–Trinajstić information content (AvgIpc) is 3.17. The Kier molecular flexibility index (Phi) is 5.85. The van der Waals surface area contributed by atoms with E-state index in [0.29, 0.717) is 10.6 Å². The van der Waals surface area contributed by atoms with Gasteiger partial charge in [0, 0.05) is 19.0 Å². The van der Waals surface area contributed by atoms with Crippen molar-refractivity contribution in [1.82, 2.24) is 15.1 Å². The third-order valence-electron chi connectivity index (χ3n) is 5.06. The number of carbonyl (C=O) groups excluding carboxylic acids is 1. The van der Waals surface area contributed by atoms with Crippen LogP contribution in [0.15, 0.2) is 54.6 Å². The highest BCUT2D eigenvalue weighted by Crippen LogP contribution is 2.44. The summed E-state index contributed by atoms with van der Waals surface area (Å²) >= 11 is 12.0. The standard InChI is InChI=1S/C21H17Cl2F3N4O/c22-14-7-6-13(8-15(14)23)16-9-18(21(24,25)26)30-19(28-16)10-17(29-30)20(31)27-11-12-4-2-1-3-5-12/h1-8,10,16,18,28H,9,11H2,(H,27,31)/t16-,18+/m0/s1. The van der Waals surface area contributed by atoms with E-state index in [4.69, 9.17) is 23.2 Å². The van der Waals surface area contributed by atoms with E-state index < -0.39 is 24.2 Å². The smallest absolute Gasteiger partial charge is 0.363 e. The lowest BCUT2D eigenvalue weighted by molar-refractivity contribution is -0.173. The van der Waals surface area contributed by atoms with Crippen molar-refractivity contribution in [3.8, 4) is 0 Å². The second-order valence-electron chi connectivity index (χ2n) is 7.19. The van der Waals surface area contributed by atoms with Crippen molar-refractivity contribution in [1.29, 1.82) is 0 Å². The molecule has 3 aromatic rings. The Balaban J connectivity index is 1.59. The molecule has 0 radical (unpaired) electrons. The lowest BCUT2D eigenvalue weighted by Gasteiger charge is -2.33. The first kappa shape index (κ1) is 21.5. The second kappa shape index (κ2) is 8.43. The van der Waals surface area contributed by atoms with Gasteiger partial charge in [0.05, 0.1) is 16.1 Å². The molecule has 2 N–H and O–H groups in total. The van der Waals surface area contributed by atoms with Gasteiger partial charge in [0.1, 0.15) is 5.82 Å². The van der Waals surface area contributed by atoms with Crippen molar-refractivity contribution in [2.75, 3.05) is 5.32 Å². The summed E-state index contributed by atoms with van der Waals surface area (Å²) in [7, 11) is 0. The number of aromatic nitrogens is 2. The van der Waals surface area contributed by atoms with Gasteiger partial charge in [0.2, 0.25) is 0 Å². The summed E-state index contributed by atoms with van der Waals surface area (Å²) in [6.45, 7) is 0.240. The molecule has 4 rings (SSSR count). The number of anilines is 1. The molecule has 0 spiro atoms. The molecule has 0 bridgehead atoms. The molecular weight excluding hydrogens is 452 g/mol. The number of halogens is 5. The molecule has 10 heteroatoms. The van der Waals surface area contributed by atoms with Crippen LogP contribution in [0, 0.1) is 0 Å². The highest BCUT2D eigenvalue weighted by Gasteiger charge is 2.46. The molecule has 0 aliphatic carbocycles. The van der Waals surface area contributed by atoms with Gasteiger partial charge < -0.3 is 10.6 Å². The molecule has 0 saturated carbocycles. The topological polar surface area (TPSA) is 59.0 Å². The van der Waals surface area contributed by atoms with Crippen molar-refractivity contribution in [3.63, 3.8) is 0 Å². The van der Waals surface area contributed by atoms with Gasteiger partial charge in [-0.2, -0.15) is 18.3 Å². The zero-order valence-electron chi connectivity index (χ0n) is 16.0. The molecule has 0 saturated heterocycles. The van der Waals surface area contributed by atoms with Gasteiger partial charge in [-0.1, -0.05) is 59.6 Å². The average molecular weight is 469 g/mol. The monoisotopic (exact) mass is 468 g/mol. The molecule has 1 amide bonds. The number of hydrogen-bond acceptors (Lipinski definition) is 3. The Morgan fingerprint density at radius 3 is 2.55 bits per heavy atom. The Morgan fingerprint density at radius 2 is 1.87 bits per heavy atom. The fraction of sp³-hybridized carbons (Fsp3) is 0.238. The van der Waals surface area contributed by atoms with E-state index in [1.165, 1.54) is 18.2 Å². The quantitative estimate of drug-likeness (QED) is 0.510. The maximum atomic E-state index is 13.8. The first-order valence-electron chi connectivity index (χ1n) is 9.42. The zero-order chi connectivity index (χ0) is 22.2. The molecule has 1 aromatic heterocycles. The third kappa shape index (κ3) is 4.65. The van der Waals surface area contributed by atoms with Crippen molar-refractivity contribution >= 4 is 34.9 Å². The summed E-state index contributed by atoms with van der Waals surface area (Å²) in [6, 6.07) is 12.6. The van der Waals surface area contributed by atoms with Gasteiger partial charge in [-0.05, 0) is 23.3 Å². The van der Waals surface area contributed by atoms with Crippen LogP contribution in [0.2, 0.25) is 10.0 Å². The number of benzene rings is 2. The number of fused-ring (bicyclic) bond motifs is 1. The van der Waals surface area contributed by atoms with Crippen LogP contribution in [-0.2, 0) is 6.54 Å². The summed E-state index contributed by atoms with van der Waals surface area (Å²) in [5.41, 5.74) is 1.33. The first-order valence-corrected chi connectivity index (χ1v) is 10.2. The summed E-state index contributed by atoms with van der Waals surface area (Å²) in [6.07, 6.45) is -4.85. The Labute approximate surface area is 186 Å². The number of nitrogens with zero attached hydrogens (tertiary/aromatic N) is 2. The summed E-state index contributed by atoms with van der Waals surface area (Å²) < 4.78 is 42.2. The number of carbonyl (C=O) groups is 1. The van der Waals surface area contributed by atoms with Gasteiger partial charge >= 0.3 is 6.18 Å².